The lowest BCUT2D eigenvalue weighted by molar-refractivity contribution is 0.0822. The summed E-state index contributed by atoms with van der Waals surface area (Å²) in [6.45, 7) is 2.86. The molecule has 0 saturated heterocycles. The predicted molar refractivity (Wildman–Crippen MR) is 82.9 cm³/mol. The van der Waals surface area contributed by atoms with Crippen LogP contribution in [0.1, 0.15) is 34.8 Å². The second-order valence-corrected chi connectivity index (χ2v) is 5.44. The molecular formula is C16H22N4O. The maximum atomic E-state index is 11.9. The normalized spacial score (nSPS) is 12.4. The predicted octanol–water partition coefficient (Wildman–Crippen LogP) is 2.30. The quantitative estimate of drug-likeness (QED) is 0.917. The number of carbonyl (C=O) groups excluding carboxylic acids is 1. The van der Waals surface area contributed by atoms with Crippen molar-refractivity contribution in [3.63, 3.8) is 0 Å². The van der Waals surface area contributed by atoms with E-state index in [-0.39, 0.29) is 11.9 Å². The minimum absolute atomic E-state index is 0.0123. The first-order valence-corrected chi connectivity index (χ1v) is 6.99. The van der Waals surface area contributed by atoms with Gasteiger partial charge < -0.3 is 9.88 Å². The van der Waals surface area contributed by atoms with Crippen molar-refractivity contribution in [3.05, 3.63) is 53.6 Å². The summed E-state index contributed by atoms with van der Waals surface area (Å²) >= 11 is 0. The number of aromatic amines is 1. The Labute approximate surface area is 125 Å². The summed E-state index contributed by atoms with van der Waals surface area (Å²) in [5, 5.41) is 0. The van der Waals surface area contributed by atoms with E-state index in [9.17, 15) is 4.79 Å². The van der Waals surface area contributed by atoms with E-state index in [1.807, 2.05) is 43.6 Å². The molecule has 2 heterocycles. The van der Waals surface area contributed by atoms with Crippen molar-refractivity contribution in [2.45, 2.75) is 19.5 Å². The van der Waals surface area contributed by atoms with Gasteiger partial charge in [-0.3, -0.25) is 14.7 Å². The van der Waals surface area contributed by atoms with E-state index in [0.717, 1.165) is 17.9 Å². The summed E-state index contributed by atoms with van der Waals surface area (Å²) in [6.07, 6.45) is 1.81. The number of aromatic nitrogens is 2. The lowest BCUT2D eigenvalue weighted by Crippen LogP contribution is -2.24. The fraction of sp³-hybridized carbons (Fsp3) is 0.375. The van der Waals surface area contributed by atoms with E-state index < -0.39 is 0 Å². The highest BCUT2D eigenvalue weighted by Gasteiger charge is 2.15. The maximum absolute atomic E-state index is 11.9. The van der Waals surface area contributed by atoms with Crippen molar-refractivity contribution >= 4 is 5.91 Å². The molecule has 2 aromatic rings. The number of hydrogen-bond donors (Lipinski definition) is 1. The van der Waals surface area contributed by atoms with Crippen molar-refractivity contribution < 1.29 is 4.79 Å². The minimum atomic E-state index is -0.0123. The molecule has 0 spiro atoms. The van der Waals surface area contributed by atoms with Crippen LogP contribution < -0.4 is 0 Å². The van der Waals surface area contributed by atoms with Gasteiger partial charge in [-0.1, -0.05) is 6.07 Å². The third kappa shape index (κ3) is 3.70. The number of amides is 1. The Balaban J connectivity index is 2.03. The highest BCUT2D eigenvalue weighted by Crippen LogP contribution is 2.18. The zero-order chi connectivity index (χ0) is 15.4. The van der Waals surface area contributed by atoms with Crippen LogP contribution in [-0.4, -0.2) is 46.8 Å². The molecule has 0 aromatic carbocycles. The molecule has 0 aliphatic heterocycles. The van der Waals surface area contributed by atoms with Crippen molar-refractivity contribution in [3.8, 4) is 0 Å². The van der Waals surface area contributed by atoms with Crippen LogP contribution in [0, 0.1) is 0 Å². The minimum Gasteiger partial charge on any atom is -0.353 e. The lowest BCUT2D eigenvalue weighted by atomic mass is 10.2. The Morgan fingerprint density at radius 3 is 2.62 bits per heavy atom. The monoisotopic (exact) mass is 286 g/mol. The van der Waals surface area contributed by atoms with Crippen molar-refractivity contribution in [1.29, 1.82) is 0 Å². The molecule has 112 valence electrons. The lowest BCUT2D eigenvalue weighted by Gasteiger charge is -2.23. The van der Waals surface area contributed by atoms with Crippen molar-refractivity contribution in [2.75, 3.05) is 21.1 Å². The van der Waals surface area contributed by atoms with E-state index in [1.165, 1.54) is 0 Å². The van der Waals surface area contributed by atoms with Crippen LogP contribution >= 0.6 is 0 Å². The van der Waals surface area contributed by atoms with Gasteiger partial charge in [-0.15, -0.1) is 0 Å². The Hall–Kier alpha value is -2.14. The summed E-state index contributed by atoms with van der Waals surface area (Å²) in [5.41, 5.74) is 2.68. The van der Waals surface area contributed by atoms with Crippen molar-refractivity contribution in [1.82, 2.24) is 19.8 Å². The molecule has 0 aliphatic carbocycles. The van der Waals surface area contributed by atoms with Crippen LogP contribution in [0.15, 0.2) is 36.5 Å². The molecule has 5 heteroatoms. The average Bonchev–Trinajstić information content (AvgIpc) is 2.94. The van der Waals surface area contributed by atoms with Gasteiger partial charge in [0.05, 0.1) is 5.69 Å². The summed E-state index contributed by atoms with van der Waals surface area (Å²) in [7, 11) is 5.55. The Bertz CT molecular complexity index is 591. The maximum Gasteiger partial charge on any atom is 0.269 e. The first-order chi connectivity index (χ1) is 9.99. The van der Waals surface area contributed by atoms with Gasteiger partial charge in [0.15, 0.2) is 0 Å². The van der Waals surface area contributed by atoms with Gasteiger partial charge in [-0.25, -0.2) is 0 Å². The SMILES string of the molecule is CC(c1ccccn1)N(C)Cc1ccc(C(=O)N(C)C)[nH]1. The molecule has 1 atom stereocenters. The third-order valence-electron chi connectivity index (χ3n) is 3.58. The van der Waals surface area contributed by atoms with Gasteiger partial charge in [-0.2, -0.15) is 0 Å². The summed E-state index contributed by atoms with van der Waals surface area (Å²) < 4.78 is 0. The molecule has 0 bridgehead atoms. The van der Waals surface area contributed by atoms with Gasteiger partial charge in [0.2, 0.25) is 0 Å². The second kappa shape index (κ2) is 6.54. The van der Waals surface area contributed by atoms with Gasteiger partial charge >= 0.3 is 0 Å². The molecule has 1 amide bonds. The standard InChI is InChI=1S/C16H22N4O/c1-12(14-7-5-6-10-17-14)20(4)11-13-8-9-15(18-13)16(21)19(2)3/h5-10,12,18H,11H2,1-4H3. The van der Waals surface area contributed by atoms with Gasteiger partial charge in [0, 0.05) is 38.6 Å². The molecule has 0 radical (unpaired) electrons. The van der Waals surface area contributed by atoms with Crippen LogP contribution in [0.5, 0.6) is 0 Å². The van der Waals surface area contributed by atoms with E-state index in [0.29, 0.717) is 5.69 Å². The van der Waals surface area contributed by atoms with Gasteiger partial charge in [-0.05, 0) is 38.2 Å². The number of H-pyrrole nitrogens is 1. The Morgan fingerprint density at radius 1 is 1.24 bits per heavy atom. The van der Waals surface area contributed by atoms with Crippen molar-refractivity contribution in [2.24, 2.45) is 0 Å². The van der Waals surface area contributed by atoms with Crippen LogP contribution in [-0.2, 0) is 6.54 Å². The first kappa shape index (κ1) is 15.3. The smallest absolute Gasteiger partial charge is 0.269 e. The molecule has 0 fully saturated rings. The number of carbonyl (C=O) groups is 1. The largest absolute Gasteiger partial charge is 0.353 e. The highest BCUT2D eigenvalue weighted by molar-refractivity contribution is 5.92. The van der Waals surface area contributed by atoms with E-state index >= 15 is 0 Å². The third-order valence-corrected chi connectivity index (χ3v) is 3.58. The van der Waals surface area contributed by atoms with Crippen LogP contribution in [0.3, 0.4) is 0 Å². The molecule has 1 unspecified atom stereocenters. The molecule has 1 N–H and O–H groups in total. The van der Waals surface area contributed by atoms with E-state index in [2.05, 4.69) is 21.8 Å². The van der Waals surface area contributed by atoms with E-state index in [4.69, 9.17) is 0 Å². The Morgan fingerprint density at radius 2 is 2.00 bits per heavy atom. The first-order valence-electron chi connectivity index (χ1n) is 6.99. The van der Waals surface area contributed by atoms with Crippen LogP contribution in [0.2, 0.25) is 0 Å². The van der Waals surface area contributed by atoms with Gasteiger partial charge in [0.25, 0.3) is 5.91 Å². The zero-order valence-corrected chi connectivity index (χ0v) is 13.0. The molecule has 5 nitrogen and oxygen atoms in total. The Kier molecular flexibility index (Phi) is 4.75. The number of pyridine rings is 1. The van der Waals surface area contributed by atoms with Crippen LogP contribution in [0.4, 0.5) is 0 Å². The number of rotatable bonds is 5. The number of nitrogens with zero attached hydrogens (tertiary/aromatic N) is 3. The van der Waals surface area contributed by atoms with Gasteiger partial charge in [0.1, 0.15) is 5.69 Å². The fourth-order valence-corrected chi connectivity index (χ4v) is 2.15. The van der Waals surface area contributed by atoms with Crippen LogP contribution in [0.25, 0.3) is 0 Å². The molecule has 2 rings (SSSR count). The summed E-state index contributed by atoms with van der Waals surface area (Å²) in [5.74, 6) is -0.0123. The molecule has 0 saturated carbocycles. The average molecular weight is 286 g/mol. The molecular weight excluding hydrogens is 264 g/mol. The zero-order valence-electron chi connectivity index (χ0n) is 13.0. The molecule has 21 heavy (non-hydrogen) atoms. The highest BCUT2D eigenvalue weighted by atomic mass is 16.2. The number of nitrogens with one attached hydrogen (secondary N) is 1. The topological polar surface area (TPSA) is 52.2 Å². The molecule has 0 aliphatic rings. The number of hydrogen-bond acceptors (Lipinski definition) is 3. The fourth-order valence-electron chi connectivity index (χ4n) is 2.15. The molecule has 2 aromatic heterocycles. The summed E-state index contributed by atoms with van der Waals surface area (Å²) in [6, 6.07) is 9.93. The second-order valence-electron chi connectivity index (χ2n) is 5.44. The summed E-state index contributed by atoms with van der Waals surface area (Å²) in [4.78, 5) is 23.2. The van der Waals surface area contributed by atoms with E-state index in [1.54, 1.807) is 19.0 Å².